The first kappa shape index (κ1) is 13.7. The molecular weight excluding hydrogens is 234 g/mol. The zero-order chi connectivity index (χ0) is 13.6. The topological polar surface area (TPSA) is 89.6 Å². The van der Waals surface area contributed by atoms with Crippen LogP contribution in [0.15, 0.2) is 30.3 Å². The molecule has 5 heteroatoms. The van der Waals surface area contributed by atoms with Gasteiger partial charge in [0.25, 0.3) is 0 Å². The molecule has 0 heterocycles. The van der Waals surface area contributed by atoms with Crippen LogP contribution >= 0.6 is 0 Å². The van der Waals surface area contributed by atoms with E-state index < -0.39 is 23.9 Å². The molecule has 0 bridgehead atoms. The van der Waals surface area contributed by atoms with E-state index in [-0.39, 0.29) is 6.61 Å². The van der Waals surface area contributed by atoms with Crippen molar-refractivity contribution in [1.82, 2.24) is 0 Å². The minimum absolute atomic E-state index is 0.0452. The number of esters is 1. The van der Waals surface area contributed by atoms with Crippen molar-refractivity contribution in [3.63, 3.8) is 0 Å². The SMILES string of the molecule is C#CCC(N)(C(=O)O)C(=O)OCc1ccccc1. The van der Waals surface area contributed by atoms with Crippen molar-refractivity contribution in [1.29, 1.82) is 0 Å². The van der Waals surface area contributed by atoms with Crippen LogP contribution in [-0.4, -0.2) is 22.6 Å². The molecule has 5 nitrogen and oxygen atoms in total. The maximum absolute atomic E-state index is 11.6. The third-order valence-corrected chi connectivity index (χ3v) is 2.34. The number of hydrogen-bond donors (Lipinski definition) is 2. The zero-order valence-corrected chi connectivity index (χ0v) is 9.63. The van der Waals surface area contributed by atoms with Gasteiger partial charge in [-0.25, -0.2) is 9.59 Å². The van der Waals surface area contributed by atoms with Crippen LogP contribution in [0.2, 0.25) is 0 Å². The monoisotopic (exact) mass is 247 g/mol. The number of aliphatic carboxylic acids is 1. The number of carbonyl (C=O) groups excluding carboxylic acids is 1. The first-order chi connectivity index (χ1) is 8.50. The van der Waals surface area contributed by atoms with Gasteiger partial charge in [0, 0.05) is 6.42 Å². The van der Waals surface area contributed by atoms with Crippen LogP contribution in [0, 0.1) is 12.3 Å². The highest BCUT2D eigenvalue weighted by Gasteiger charge is 2.43. The van der Waals surface area contributed by atoms with Gasteiger partial charge in [0.05, 0.1) is 0 Å². The van der Waals surface area contributed by atoms with Gasteiger partial charge >= 0.3 is 11.9 Å². The molecular formula is C13H13NO4. The quantitative estimate of drug-likeness (QED) is 0.450. The van der Waals surface area contributed by atoms with Crippen LogP contribution in [0.4, 0.5) is 0 Å². The van der Waals surface area contributed by atoms with E-state index in [0.717, 1.165) is 5.56 Å². The first-order valence-electron chi connectivity index (χ1n) is 5.17. The number of carbonyl (C=O) groups is 2. The van der Waals surface area contributed by atoms with Gasteiger partial charge in [-0.1, -0.05) is 30.3 Å². The minimum atomic E-state index is -2.19. The molecule has 1 rings (SSSR count). The minimum Gasteiger partial charge on any atom is -0.479 e. The molecule has 0 spiro atoms. The maximum atomic E-state index is 11.6. The van der Waals surface area contributed by atoms with E-state index in [0.29, 0.717) is 0 Å². The van der Waals surface area contributed by atoms with Gasteiger partial charge in [-0.15, -0.1) is 12.3 Å². The Bertz CT molecular complexity index is 478. The highest BCUT2D eigenvalue weighted by Crippen LogP contribution is 2.11. The largest absolute Gasteiger partial charge is 0.479 e. The standard InChI is InChI=1S/C13H13NO4/c1-2-8-13(14,11(15)16)12(17)18-9-10-6-4-3-5-7-10/h1,3-7H,8-9,14H2,(H,15,16). The maximum Gasteiger partial charge on any atom is 0.339 e. The Morgan fingerprint density at radius 2 is 2.00 bits per heavy atom. The Hall–Kier alpha value is -2.32. The molecule has 3 N–H and O–H groups in total. The summed E-state index contributed by atoms with van der Waals surface area (Å²) in [6.07, 6.45) is 4.58. The van der Waals surface area contributed by atoms with Gasteiger partial charge in [0.2, 0.25) is 5.54 Å². The molecule has 0 saturated carbocycles. The Morgan fingerprint density at radius 1 is 1.39 bits per heavy atom. The third-order valence-electron chi connectivity index (χ3n) is 2.34. The van der Waals surface area contributed by atoms with E-state index in [1.54, 1.807) is 24.3 Å². The number of benzene rings is 1. The van der Waals surface area contributed by atoms with Crippen molar-refractivity contribution < 1.29 is 19.4 Å². The molecule has 0 radical (unpaired) electrons. The fraction of sp³-hybridized carbons (Fsp3) is 0.231. The molecule has 0 aromatic heterocycles. The van der Waals surface area contributed by atoms with Crippen molar-refractivity contribution in [3.05, 3.63) is 35.9 Å². The van der Waals surface area contributed by atoms with Gasteiger partial charge in [-0.3, -0.25) is 0 Å². The number of nitrogens with two attached hydrogens (primary N) is 1. The first-order valence-corrected chi connectivity index (χ1v) is 5.17. The van der Waals surface area contributed by atoms with Crippen molar-refractivity contribution in [2.75, 3.05) is 0 Å². The predicted molar refractivity (Wildman–Crippen MR) is 64.2 cm³/mol. The van der Waals surface area contributed by atoms with Crippen LogP contribution in [0.1, 0.15) is 12.0 Å². The van der Waals surface area contributed by atoms with Gasteiger partial charge < -0.3 is 15.6 Å². The highest BCUT2D eigenvalue weighted by molar-refractivity contribution is 6.04. The van der Waals surface area contributed by atoms with Crippen molar-refractivity contribution in [2.45, 2.75) is 18.6 Å². The number of terminal acetylenes is 1. The Morgan fingerprint density at radius 3 is 2.50 bits per heavy atom. The number of rotatable bonds is 5. The van der Waals surface area contributed by atoms with Crippen LogP contribution < -0.4 is 5.73 Å². The van der Waals surface area contributed by atoms with Crippen LogP contribution in [0.3, 0.4) is 0 Å². The average molecular weight is 247 g/mol. The molecule has 0 aliphatic carbocycles. The summed E-state index contributed by atoms with van der Waals surface area (Å²) < 4.78 is 4.87. The van der Waals surface area contributed by atoms with E-state index in [4.69, 9.17) is 22.0 Å². The summed E-state index contributed by atoms with van der Waals surface area (Å²) >= 11 is 0. The summed E-state index contributed by atoms with van der Waals surface area (Å²) in [4.78, 5) is 22.6. The number of carboxylic acids is 1. The lowest BCUT2D eigenvalue weighted by molar-refractivity contribution is -0.161. The van der Waals surface area contributed by atoms with E-state index in [2.05, 4.69) is 5.92 Å². The van der Waals surface area contributed by atoms with Gasteiger partial charge in [0.1, 0.15) is 6.61 Å². The molecule has 18 heavy (non-hydrogen) atoms. The summed E-state index contributed by atoms with van der Waals surface area (Å²) in [6, 6.07) is 8.85. The summed E-state index contributed by atoms with van der Waals surface area (Å²) in [7, 11) is 0. The van der Waals surface area contributed by atoms with E-state index in [1.807, 2.05) is 6.07 Å². The van der Waals surface area contributed by atoms with Gasteiger partial charge in [0.15, 0.2) is 0 Å². The summed E-state index contributed by atoms with van der Waals surface area (Å²) in [5, 5.41) is 8.91. The highest BCUT2D eigenvalue weighted by atomic mass is 16.5. The van der Waals surface area contributed by atoms with Crippen LogP contribution in [0.5, 0.6) is 0 Å². The van der Waals surface area contributed by atoms with E-state index in [1.165, 1.54) is 0 Å². The fourth-order valence-corrected chi connectivity index (χ4v) is 1.25. The molecule has 0 amide bonds. The van der Waals surface area contributed by atoms with Crippen molar-refractivity contribution >= 4 is 11.9 Å². The number of carboxylic acid groups (broad SMARTS) is 1. The molecule has 0 fully saturated rings. The number of ether oxygens (including phenoxy) is 1. The molecule has 1 aromatic rings. The molecule has 0 saturated heterocycles. The lowest BCUT2D eigenvalue weighted by Crippen LogP contribution is -2.55. The molecule has 1 aromatic carbocycles. The summed E-state index contributed by atoms with van der Waals surface area (Å²) in [6.45, 7) is -0.0452. The Labute approximate surface area is 105 Å². The summed E-state index contributed by atoms with van der Waals surface area (Å²) in [5.74, 6) is -0.484. The predicted octanol–water partition coefficient (Wildman–Crippen LogP) is 0.535. The van der Waals surface area contributed by atoms with E-state index >= 15 is 0 Å². The lowest BCUT2D eigenvalue weighted by atomic mass is 9.97. The van der Waals surface area contributed by atoms with Crippen LogP contribution in [-0.2, 0) is 20.9 Å². The molecule has 0 aliphatic rings. The van der Waals surface area contributed by atoms with Crippen LogP contribution in [0.25, 0.3) is 0 Å². The zero-order valence-electron chi connectivity index (χ0n) is 9.63. The second kappa shape index (κ2) is 5.84. The van der Waals surface area contributed by atoms with Crippen molar-refractivity contribution in [2.24, 2.45) is 5.73 Å². The Balaban J connectivity index is 2.70. The van der Waals surface area contributed by atoms with E-state index in [9.17, 15) is 9.59 Å². The molecule has 94 valence electrons. The smallest absolute Gasteiger partial charge is 0.339 e. The second-order valence-electron chi connectivity index (χ2n) is 3.72. The fourth-order valence-electron chi connectivity index (χ4n) is 1.25. The van der Waals surface area contributed by atoms with Crippen molar-refractivity contribution in [3.8, 4) is 12.3 Å². The number of hydrogen-bond acceptors (Lipinski definition) is 4. The van der Waals surface area contributed by atoms with Gasteiger partial charge in [-0.2, -0.15) is 0 Å². The second-order valence-corrected chi connectivity index (χ2v) is 3.72. The van der Waals surface area contributed by atoms with Gasteiger partial charge in [-0.05, 0) is 5.56 Å². The Kier molecular flexibility index (Phi) is 4.46. The summed E-state index contributed by atoms with van der Waals surface area (Å²) in [5.41, 5.74) is 3.99. The average Bonchev–Trinajstić information content (AvgIpc) is 2.37. The molecule has 0 aliphatic heterocycles. The molecule has 1 atom stereocenters. The molecule has 1 unspecified atom stereocenters. The normalized spacial score (nSPS) is 13.1. The third kappa shape index (κ3) is 3.09. The lowest BCUT2D eigenvalue weighted by Gasteiger charge is -2.20.